The highest BCUT2D eigenvalue weighted by Crippen LogP contribution is 2.22. The van der Waals surface area contributed by atoms with Crippen molar-refractivity contribution in [2.75, 3.05) is 11.9 Å². The van der Waals surface area contributed by atoms with Gasteiger partial charge in [0.25, 0.3) is 5.95 Å². The summed E-state index contributed by atoms with van der Waals surface area (Å²) in [6, 6.07) is 9.49. The Morgan fingerprint density at radius 1 is 1.27 bits per heavy atom. The molecule has 1 N–H and O–H groups in total. The quantitative estimate of drug-likeness (QED) is 0.634. The van der Waals surface area contributed by atoms with Gasteiger partial charge in [-0.15, -0.1) is 0 Å². The molecule has 0 radical (unpaired) electrons. The van der Waals surface area contributed by atoms with E-state index in [-0.39, 0.29) is 12.2 Å². The molecule has 0 bridgehead atoms. The van der Waals surface area contributed by atoms with Gasteiger partial charge in [-0.05, 0) is 51.1 Å². The molecule has 1 aromatic carbocycles. The number of hydrogen-bond acceptors (Lipinski definition) is 6. The fourth-order valence-corrected chi connectivity index (χ4v) is 2.69. The van der Waals surface area contributed by atoms with Gasteiger partial charge in [0.1, 0.15) is 5.56 Å². The van der Waals surface area contributed by atoms with Crippen LogP contribution >= 0.6 is 15.9 Å². The summed E-state index contributed by atoms with van der Waals surface area (Å²) >= 11 is 3.40. The monoisotopic (exact) mass is 415 g/mol. The molecule has 3 aromatic rings. The van der Waals surface area contributed by atoms with Crippen molar-refractivity contribution >= 4 is 33.4 Å². The van der Waals surface area contributed by atoms with Crippen LogP contribution < -0.4 is 5.32 Å². The second-order valence-corrected chi connectivity index (χ2v) is 6.54. The molecule has 0 fully saturated rings. The van der Waals surface area contributed by atoms with Crippen LogP contribution in [0.5, 0.6) is 0 Å². The lowest BCUT2D eigenvalue weighted by atomic mass is 10.2. The van der Waals surface area contributed by atoms with Gasteiger partial charge in [0.2, 0.25) is 0 Å². The van der Waals surface area contributed by atoms with Gasteiger partial charge in [0.15, 0.2) is 5.82 Å². The fourth-order valence-electron chi connectivity index (χ4n) is 2.43. The van der Waals surface area contributed by atoms with Gasteiger partial charge in [-0.3, -0.25) is 0 Å². The van der Waals surface area contributed by atoms with Crippen LogP contribution in [0.3, 0.4) is 0 Å². The van der Waals surface area contributed by atoms with Crippen molar-refractivity contribution in [2.24, 2.45) is 0 Å². The highest BCUT2D eigenvalue weighted by Gasteiger charge is 2.18. The minimum atomic E-state index is -0.480. The minimum Gasteiger partial charge on any atom is -0.462 e. The molecule has 7 nitrogen and oxygen atoms in total. The van der Waals surface area contributed by atoms with Crippen molar-refractivity contribution in [3.8, 4) is 5.95 Å². The van der Waals surface area contributed by atoms with Crippen LogP contribution in [0.4, 0.5) is 11.5 Å². The predicted molar refractivity (Wildman–Crippen MR) is 102 cm³/mol. The summed E-state index contributed by atoms with van der Waals surface area (Å²) in [5.74, 6) is 0.263. The summed E-state index contributed by atoms with van der Waals surface area (Å²) in [5, 5.41) is 7.55. The number of anilines is 2. The number of nitrogens with one attached hydrogen (secondary N) is 1. The third-order valence-electron chi connectivity index (χ3n) is 3.58. The molecule has 0 spiro atoms. The number of carbonyl (C=O) groups is 1. The average Bonchev–Trinajstić information content (AvgIpc) is 2.95. The minimum absolute atomic E-state index is 0.264. The maximum absolute atomic E-state index is 12.3. The van der Waals surface area contributed by atoms with Crippen LogP contribution in [-0.2, 0) is 4.74 Å². The SMILES string of the molecule is CCOC(=O)c1cnc(-n2nc(C)cc2C)nc1Nc1ccc(Br)cc1. The second kappa shape index (κ2) is 7.65. The topological polar surface area (TPSA) is 81.9 Å². The van der Waals surface area contributed by atoms with E-state index in [0.717, 1.165) is 21.5 Å². The third-order valence-corrected chi connectivity index (χ3v) is 4.11. The molecule has 0 aliphatic heterocycles. The van der Waals surface area contributed by atoms with E-state index >= 15 is 0 Å². The molecule has 0 saturated carbocycles. The Kier molecular flexibility index (Phi) is 5.32. The molecule has 0 amide bonds. The van der Waals surface area contributed by atoms with E-state index in [4.69, 9.17) is 4.74 Å². The van der Waals surface area contributed by atoms with Gasteiger partial charge < -0.3 is 10.1 Å². The lowest BCUT2D eigenvalue weighted by molar-refractivity contribution is 0.0526. The van der Waals surface area contributed by atoms with Crippen LogP contribution in [0.25, 0.3) is 5.95 Å². The second-order valence-electron chi connectivity index (χ2n) is 5.62. The number of benzene rings is 1. The number of esters is 1. The van der Waals surface area contributed by atoms with Crippen molar-refractivity contribution < 1.29 is 9.53 Å². The Morgan fingerprint density at radius 3 is 2.62 bits per heavy atom. The first-order chi connectivity index (χ1) is 12.5. The Balaban J connectivity index is 2.04. The van der Waals surface area contributed by atoms with Crippen molar-refractivity contribution in [1.29, 1.82) is 0 Å². The standard InChI is InChI=1S/C18H18BrN5O2/c1-4-26-17(25)15-10-20-18(24-12(3)9-11(2)23-24)22-16(15)21-14-7-5-13(19)6-8-14/h5-10H,4H2,1-3H3,(H,20,21,22). The lowest BCUT2D eigenvalue weighted by Crippen LogP contribution is -2.13. The predicted octanol–water partition coefficient (Wildman–Crippen LogP) is 3.96. The van der Waals surface area contributed by atoms with Crippen molar-refractivity contribution in [3.63, 3.8) is 0 Å². The molecule has 134 valence electrons. The average molecular weight is 416 g/mol. The first kappa shape index (κ1) is 18.1. The highest BCUT2D eigenvalue weighted by molar-refractivity contribution is 9.10. The molecular weight excluding hydrogens is 398 g/mol. The van der Waals surface area contributed by atoms with E-state index in [2.05, 4.69) is 36.3 Å². The maximum atomic E-state index is 12.3. The molecule has 8 heteroatoms. The number of carbonyl (C=O) groups excluding carboxylic acids is 1. The normalized spacial score (nSPS) is 10.6. The number of hydrogen-bond donors (Lipinski definition) is 1. The highest BCUT2D eigenvalue weighted by atomic mass is 79.9. The largest absolute Gasteiger partial charge is 0.462 e. The summed E-state index contributed by atoms with van der Waals surface area (Å²) in [7, 11) is 0. The van der Waals surface area contributed by atoms with Crippen molar-refractivity contribution in [1.82, 2.24) is 19.7 Å². The van der Waals surface area contributed by atoms with Crippen LogP contribution in [0.1, 0.15) is 28.7 Å². The number of aromatic nitrogens is 4. The molecule has 26 heavy (non-hydrogen) atoms. The van der Waals surface area contributed by atoms with Gasteiger partial charge in [-0.25, -0.2) is 14.5 Å². The number of nitrogens with zero attached hydrogens (tertiary/aromatic N) is 4. The Hall–Kier alpha value is -2.74. The first-order valence-electron chi connectivity index (χ1n) is 8.08. The van der Waals surface area contributed by atoms with E-state index in [1.807, 2.05) is 44.2 Å². The van der Waals surface area contributed by atoms with E-state index in [1.54, 1.807) is 11.6 Å². The number of aryl methyl sites for hydroxylation is 2. The lowest BCUT2D eigenvalue weighted by Gasteiger charge is -2.12. The van der Waals surface area contributed by atoms with Crippen molar-refractivity contribution in [2.45, 2.75) is 20.8 Å². The zero-order chi connectivity index (χ0) is 18.7. The molecule has 2 aromatic heterocycles. The zero-order valence-corrected chi connectivity index (χ0v) is 16.2. The van der Waals surface area contributed by atoms with E-state index in [0.29, 0.717) is 11.8 Å². The van der Waals surface area contributed by atoms with Crippen LogP contribution in [0.15, 0.2) is 41.0 Å². The van der Waals surface area contributed by atoms with Gasteiger partial charge in [-0.2, -0.15) is 10.1 Å². The Labute approximate surface area is 159 Å². The molecular formula is C18H18BrN5O2. The molecule has 2 heterocycles. The van der Waals surface area contributed by atoms with E-state index in [9.17, 15) is 4.79 Å². The Bertz CT molecular complexity index is 937. The van der Waals surface area contributed by atoms with Gasteiger partial charge in [-0.1, -0.05) is 15.9 Å². The van der Waals surface area contributed by atoms with Crippen LogP contribution in [-0.4, -0.2) is 32.3 Å². The molecule has 0 unspecified atom stereocenters. The van der Waals surface area contributed by atoms with Gasteiger partial charge in [0, 0.05) is 22.1 Å². The maximum Gasteiger partial charge on any atom is 0.343 e. The summed E-state index contributed by atoms with van der Waals surface area (Å²) in [5.41, 5.74) is 2.82. The summed E-state index contributed by atoms with van der Waals surface area (Å²) in [6.45, 7) is 5.85. The molecule has 0 aliphatic rings. The number of rotatable bonds is 5. The molecule has 0 saturated heterocycles. The number of halogens is 1. The molecule has 3 rings (SSSR count). The van der Waals surface area contributed by atoms with Crippen molar-refractivity contribution in [3.05, 3.63) is 58.0 Å². The number of ether oxygens (including phenoxy) is 1. The van der Waals surface area contributed by atoms with Gasteiger partial charge >= 0.3 is 5.97 Å². The molecule has 0 atom stereocenters. The van der Waals surface area contributed by atoms with Crippen LogP contribution in [0, 0.1) is 13.8 Å². The first-order valence-corrected chi connectivity index (χ1v) is 8.87. The van der Waals surface area contributed by atoms with Crippen LogP contribution in [0.2, 0.25) is 0 Å². The third kappa shape index (κ3) is 3.91. The summed E-state index contributed by atoms with van der Waals surface area (Å²) < 4.78 is 7.70. The van der Waals surface area contributed by atoms with E-state index in [1.165, 1.54) is 6.20 Å². The molecule has 0 aliphatic carbocycles. The Morgan fingerprint density at radius 2 is 2.00 bits per heavy atom. The zero-order valence-electron chi connectivity index (χ0n) is 14.7. The fraction of sp³-hybridized carbons (Fsp3) is 0.222. The smallest absolute Gasteiger partial charge is 0.343 e. The summed E-state index contributed by atoms with van der Waals surface area (Å²) in [6.07, 6.45) is 1.46. The van der Waals surface area contributed by atoms with Gasteiger partial charge in [0.05, 0.1) is 12.3 Å². The van der Waals surface area contributed by atoms with E-state index < -0.39 is 5.97 Å². The summed E-state index contributed by atoms with van der Waals surface area (Å²) in [4.78, 5) is 21.0.